The number of rotatable bonds is 8. The topological polar surface area (TPSA) is 80.0 Å². The average molecular weight is 226 g/mol. The van der Waals surface area contributed by atoms with Gasteiger partial charge in [0.05, 0.1) is 6.54 Å². The van der Waals surface area contributed by atoms with Gasteiger partial charge < -0.3 is 15.2 Å². The molecule has 0 aliphatic rings. The first kappa shape index (κ1) is 12.6. The molecule has 0 radical (unpaired) electrons. The molecule has 0 unspecified atom stereocenters. The van der Waals surface area contributed by atoms with Gasteiger partial charge in [-0.05, 0) is 6.42 Å². The maximum absolute atomic E-state index is 11.3. The Morgan fingerprint density at radius 2 is 2.38 bits per heavy atom. The van der Waals surface area contributed by atoms with E-state index in [1.165, 1.54) is 6.39 Å². The van der Waals surface area contributed by atoms with Crippen molar-refractivity contribution in [3.8, 4) is 0 Å². The van der Waals surface area contributed by atoms with E-state index < -0.39 is 0 Å². The van der Waals surface area contributed by atoms with Gasteiger partial charge in [-0.3, -0.25) is 4.79 Å². The standard InChI is InChI=1S/C10H18N4O2/c1-2-3-5-12-10(15)7-11-6-4-9-13-8-16-14-9/h8,11H,2-7H2,1H3,(H,12,15). The molecular weight excluding hydrogens is 208 g/mol. The van der Waals surface area contributed by atoms with Crippen LogP contribution in [-0.2, 0) is 11.2 Å². The van der Waals surface area contributed by atoms with Crippen molar-refractivity contribution in [1.82, 2.24) is 20.8 Å². The lowest BCUT2D eigenvalue weighted by molar-refractivity contribution is -0.120. The lowest BCUT2D eigenvalue weighted by Crippen LogP contribution is -2.35. The number of hydrogen-bond acceptors (Lipinski definition) is 5. The summed E-state index contributed by atoms with van der Waals surface area (Å²) in [4.78, 5) is 15.1. The summed E-state index contributed by atoms with van der Waals surface area (Å²) in [5.74, 6) is 0.681. The first-order valence-electron chi connectivity index (χ1n) is 5.55. The Labute approximate surface area is 94.8 Å². The van der Waals surface area contributed by atoms with Crippen LogP contribution in [0.4, 0.5) is 0 Å². The zero-order valence-corrected chi connectivity index (χ0v) is 9.53. The SMILES string of the molecule is CCCCNC(=O)CNCCc1ncon1. The van der Waals surface area contributed by atoms with E-state index in [1.54, 1.807) is 0 Å². The molecule has 0 spiro atoms. The summed E-state index contributed by atoms with van der Waals surface area (Å²) in [5.41, 5.74) is 0. The van der Waals surface area contributed by atoms with Crippen molar-refractivity contribution >= 4 is 5.91 Å². The summed E-state index contributed by atoms with van der Waals surface area (Å²) in [6.45, 7) is 3.85. The lowest BCUT2D eigenvalue weighted by atomic mass is 10.3. The minimum absolute atomic E-state index is 0.0292. The van der Waals surface area contributed by atoms with Crippen molar-refractivity contribution in [3.05, 3.63) is 12.2 Å². The molecule has 1 aromatic heterocycles. The molecule has 0 aliphatic carbocycles. The van der Waals surface area contributed by atoms with Crippen LogP contribution in [0.3, 0.4) is 0 Å². The fourth-order valence-electron chi connectivity index (χ4n) is 1.17. The first-order valence-corrected chi connectivity index (χ1v) is 5.55. The highest BCUT2D eigenvalue weighted by Gasteiger charge is 2.01. The number of nitrogens with zero attached hydrogens (tertiary/aromatic N) is 2. The third-order valence-electron chi connectivity index (χ3n) is 2.07. The minimum atomic E-state index is 0.0292. The molecule has 2 N–H and O–H groups in total. The number of aromatic nitrogens is 2. The van der Waals surface area contributed by atoms with Crippen LogP contribution in [-0.4, -0.2) is 35.7 Å². The molecule has 90 valence electrons. The molecule has 1 heterocycles. The molecule has 0 fully saturated rings. The zero-order valence-electron chi connectivity index (χ0n) is 9.53. The van der Waals surface area contributed by atoms with Crippen LogP contribution < -0.4 is 10.6 Å². The number of hydrogen-bond donors (Lipinski definition) is 2. The van der Waals surface area contributed by atoms with Crippen molar-refractivity contribution in [3.63, 3.8) is 0 Å². The number of unbranched alkanes of at least 4 members (excludes halogenated alkanes) is 1. The van der Waals surface area contributed by atoms with E-state index in [1.807, 2.05) is 0 Å². The number of amides is 1. The van der Waals surface area contributed by atoms with Crippen LogP contribution in [0.1, 0.15) is 25.6 Å². The molecule has 16 heavy (non-hydrogen) atoms. The Bertz CT molecular complexity index is 287. The molecule has 0 aromatic carbocycles. The van der Waals surface area contributed by atoms with Crippen molar-refractivity contribution in [1.29, 1.82) is 0 Å². The number of carbonyl (C=O) groups is 1. The quantitative estimate of drug-likeness (QED) is 0.615. The Kier molecular flexibility index (Phi) is 6.17. The van der Waals surface area contributed by atoms with Gasteiger partial charge in [0.15, 0.2) is 5.82 Å². The maximum atomic E-state index is 11.3. The summed E-state index contributed by atoms with van der Waals surface area (Å²) in [5, 5.41) is 9.51. The highest BCUT2D eigenvalue weighted by atomic mass is 16.5. The number of nitrogens with one attached hydrogen (secondary N) is 2. The monoisotopic (exact) mass is 226 g/mol. The molecule has 0 saturated heterocycles. The lowest BCUT2D eigenvalue weighted by Gasteiger charge is -2.04. The molecule has 6 nitrogen and oxygen atoms in total. The van der Waals surface area contributed by atoms with Gasteiger partial charge in [0.2, 0.25) is 12.3 Å². The molecule has 1 amide bonds. The molecule has 1 rings (SSSR count). The van der Waals surface area contributed by atoms with E-state index in [0.717, 1.165) is 19.4 Å². The highest BCUT2D eigenvalue weighted by molar-refractivity contribution is 5.77. The smallest absolute Gasteiger partial charge is 0.233 e. The van der Waals surface area contributed by atoms with Crippen LogP contribution in [0.25, 0.3) is 0 Å². The predicted molar refractivity (Wildman–Crippen MR) is 58.8 cm³/mol. The third-order valence-corrected chi connectivity index (χ3v) is 2.07. The van der Waals surface area contributed by atoms with E-state index >= 15 is 0 Å². The summed E-state index contributed by atoms with van der Waals surface area (Å²) in [7, 11) is 0. The van der Waals surface area contributed by atoms with Gasteiger partial charge in [0, 0.05) is 19.5 Å². The van der Waals surface area contributed by atoms with E-state index in [-0.39, 0.29) is 5.91 Å². The van der Waals surface area contributed by atoms with E-state index in [9.17, 15) is 4.79 Å². The fourth-order valence-corrected chi connectivity index (χ4v) is 1.17. The van der Waals surface area contributed by atoms with Gasteiger partial charge in [-0.1, -0.05) is 18.5 Å². The van der Waals surface area contributed by atoms with Crippen molar-refractivity contribution in [2.24, 2.45) is 0 Å². The Morgan fingerprint density at radius 3 is 3.06 bits per heavy atom. The largest absolute Gasteiger partial charge is 0.355 e. The van der Waals surface area contributed by atoms with Gasteiger partial charge in [0.25, 0.3) is 0 Å². The van der Waals surface area contributed by atoms with Crippen LogP contribution in [0.2, 0.25) is 0 Å². The minimum Gasteiger partial charge on any atom is -0.355 e. The summed E-state index contributed by atoms with van der Waals surface area (Å²) in [6, 6.07) is 0. The second kappa shape index (κ2) is 7.81. The summed E-state index contributed by atoms with van der Waals surface area (Å²) < 4.78 is 4.59. The van der Waals surface area contributed by atoms with Crippen molar-refractivity contribution < 1.29 is 9.32 Å². The molecule has 0 aliphatic heterocycles. The molecule has 1 aromatic rings. The third kappa shape index (κ3) is 5.45. The van der Waals surface area contributed by atoms with E-state index in [4.69, 9.17) is 0 Å². The molecule has 6 heteroatoms. The van der Waals surface area contributed by atoms with Crippen LogP contribution >= 0.6 is 0 Å². The second-order valence-electron chi connectivity index (χ2n) is 3.48. The van der Waals surface area contributed by atoms with Gasteiger partial charge in [-0.25, -0.2) is 0 Å². The second-order valence-corrected chi connectivity index (χ2v) is 3.48. The van der Waals surface area contributed by atoms with Crippen LogP contribution in [0, 0.1) is 0 Å². The van der Waals surface area contributed by atoms with Gasteiger partial charge in [-0.2, -0.15) is 4.98 Å². The highest BCUT2D eigenvalue weighted by Crippen LogP contribution is 1.87. The van der Waals surface area contributed by atoms with E-state index in [2.05, 4.69) is 32.2 Å². The maximum Gasteiger partial charge on any atom is 0.233 e. The molecule has 0 saturated carbocycles. The summed E-state index contributed by atoms with van der Waals surface area (Å²) >= 11 is 0. The average Bonchev–Trinajstić information content (AvgIpc) is 2.78. The van der Waals surface area contributed by atoms with Crippen molar-refractivity contribution in [2.75, 3.05) is 19.6 Å². The van der Waals surface area contributed by atoms with Crippen LogP contribution in [0.5, 0.6) is 0 Å². The number of carbonyl (C=O) groups excluding carboxylic acids is 1. The first-order chi connectivity index (χ1) is 7.83. The van der Waals surface area contributed by atoms with Crippen LogP contribution in [0.15, 0.2) is 10.9 Å². The van der Waals surface area contributed by atoms with Crippen molar-refractivity contribution in [2.45, 2.75) is 26.2 Å². The normalized spacial score (nSPS) is 10.3. The molecule has 0 bridgehead atoms. The fraction of sp³-hybridized carbons (Fsp3) is 0.700. The summed E-state index contributed by atoms with van der Waals surface area (Å²) in [6.07, 6.45) is 4.08. The predicted octanol–water partition coefficient (Wildman–Crippen LogP) is 0.118. The Morgan fingerprint density at radius 1 is 1.50 bits per heavy atom. The van der Waals surface area contributed by atoms with Gasteiger partial charge in [0.1, 0.15) is 0 Å². The van der Waals surface area contributed by atoms with Gasteiger partial charge in [-0.15, -0.1) is 0 Å². The Balaban J connectivity index is 1.96. The zero-order chi connectivity index (χ0) is 11.6. The molecule has 0 atom stereocenters. The van der Waals surface area contributed by atoms with Gasteiger partial charge >= 0.3 is 0 Å². The molecular formula is C10H18N4O2. The van der Waals surface area contributed by atoms with E-state index in [0.29, 0.717) is 25.3 Å². The Hall–Kier alpha value is -1.43.